The molecule has 0 aliphatic heterocycles. The first kappa shape index (κ1) is 15.2. The van der Waals surface area contributed by atoms with Crippen LogP contribution < -0.4 is 5.32 Å². The number of imidazole rings is 1. The highest BCUT2D eigenvalue weighted by molar-refractivity contribution is 5.99. The van der Waals surface area contributed by atoms with Crippen LogP contribution in [0.5, 0.6) is 0 Å². The Bertz CT molecular complexity index is 841. The number of aryl methyl sites for hydroxylation is 1. The molecule has 5 heteroatoms. The number of carbonyl (C=O) groups is 1. The lowest BCUT2D eigenvalue weighted by molar-refractivity contribution is 0.0951. The summed E-state index contributed by atoms with van der Waals surface area (Å²) >= 11 is 0. The predicted molar refractivity (Wildman–Crippen MR) is 87.0 cm³/mol. The molecule has 3 rings (SSSR count). The van der Waals surface area contributed by atoms with Crippen LogP contribution in [0.1, 0.15) is 28.8 Å². The standard InChI is InChI=1S/C18H18FN3O/c1-2-16-21-17(15-9-5-6-12-22(15)16)18(23)20-11-10-13-7-3-4-8-14(13)19/h3-9,12H,2,10-11H2,1H3,(H,20,23). The highest BCUT2D eigenvalue weighted by Gasteiger charge is 2.16. The zero-order valence-corrected chi connectivity index (χ0v) is 12.9. The molecule has 0 radical (unpaired) electrons. The number of hydrogen-bond acceptors (Lipinski definition) is 2. The topological polar surface area (TPSA) is 46.4 Å². The summed E-state index contributed by atoms with van der Waals surface area (Å²) < 4.78 is 15.5. The molecule has 0 aliphatic carbocycles. The number of carbonyl (C=O) groups excluding carboxylic acids is 1. The number of benzene rings is 1. The molecule has 3 aromatic rings. The van der Waals surface area contributed by atoms with E-state index >= 15 is 0 Å². The van der Waals surface area contributed by atoms with E-state index in [0.29, 0.717) is 24.2 Å². The lowest BCUT2D eigenvalue weighted by Gasteiger charge is -2.05. The number of amides is 1. The molecule has 0 fully saturated rings. The first-order valence-electron chi connectivity index (χ1n) is 7.68. The van der Waals surface area contributed by atoms with Crippen molar-refractivity contribution in [3.8, 4) is 0 Å². The Morgan fingerprint density at radius 2 is 2.00 bits per heavy atom. The molecule has 1 N–H and O–H groups in total. The van der Waals surface area contributed by atoms with Crippen LogP contribution in [0.4, 0.5) is 4.39 Å². The number of hydrogen-bond donors (Lipinski definition) is 1. The molecule has 1 amide bonds. The first-order chi connectivity index (χ1) is 11.2. The molecular weight excluding hydrogens is 293 g/mol. The van der Waals surface area contributed by atoms with Crippen LogP contribution in [-0.4, -0.2) is 21.8 Å². The Morgan fingerprint density at radius 3 is 2.78 bits per heavy atom. The van der Waals surface area contributed by atoms with Crippen LogP contribution in [0.2, 0.25) is 0 Å². The second-order valence-corrected chi connectivity index (χ2v) is 5.28. The van der Waals surface area contributed by atoms with Crippen molar-refractivity contribution in [2.75, 3.05) is 6.54 Å². The quantitative estimate of drug-likeness (QED) is 0.787. The largest absolute Gasteiger partial charge is 0.350 e. The van der Waals surface area contributed by atoms with Crippen molar-refractivity contribution in [3.63, 3.8) is 0 Å². The van der Waals surface area contributed by atoms with E-state index in [2.05, 4.69) is 10.3 Å². The summed E-state index contributed by atoms with van der Waals surface area (Å²) in [4.78, 5) is 16.8. The van der Waals surface area contributed by atoms with Gasteiger partial charge in [-0.1, -0.05) is 31.2 Å². The van der Waals surface area contributed by atoms with Gasteiger partial charge >= 0.3 is 0 Å². The van der Waals surface area contributed by atoms with Gasteiger partial charge in [0.2, 0.25) is 0 Å². The van der Waals surface area contributed by atoms with Crippen molar-refractivity contribution >= 4 is 11.4 Å². The summed E-state index contributed by atoms with van der Waals surface area (Å²) in [6, 6.07) is 12.3. The minimum atomic E-state index is -0.248. The Kier molecular flexibility index (Phi) is 4.37. The second-order valence-electron chi connectivity index (χ2n) is 5.28. The number of halogens is 1. The zero-order chi connectivity index (χ0) is 16.2. The molecule has 0 unspecified atom stereocenters. The van der Waals surface area contributed by atoms with Gasteiger partial charge in [0.05, 0.1) is 5.52 Å². The van der Waals surface area contributed by atoms with Crippen molar-refractivity contribution in [3.05, 3.63) is 71.6 Å². The molecule has 0 saturated carbocycles. The maximum Gasteiger partial charge on any atom is 0.272 e. The van der Waals surface area contributed by atoms with E-state index in [0.717, 1.165) is 17.8 Å². The van der Waals surface area contributed by atoms with Gasteiger partial charge in [0.15, 0.2) is 5.69 Å². The molecule has 0 atom stereocenters. The number of pyridine rings is 1. The van der Waals surface area contributed by atoms with Crippen LogP contribution in [-0.2, 0) is 12.8 Å². The fourth-order valence-electron chi connectivity index (χ4n) is 2.61. The maximum absolute atomic E-state index is 13.6. The fourth-order valence-corrected chi connectivity index (χ4v) is 2.61. The Hall–Kier alpha value is -2.69. The van der Waals surface area contributed by atoms with Crippen molar-refractivity contribution < 1.29 is 9.18 Å². The lowest BCUT2D eigenvalue weighted by atomic mass is 10.1. The van der Waals surface area contributed by atoms with E-state index in [-0.39, 0.29) is 11.7 Å². The van der Waals surface area contributed by atoms with E-state index in [4.69, 9.17) is 0 Å². The molecule has 0 saturated heterocycles. The lowest BCUT2D eigenvalue weighted by Crippen LogP contribution is -2.26. The van der Waals surface area contributed by atoms with Gasteiger partial charge in [-0.2, -0.15) is 0 Å². The van der Waals surface area contributed by atoms with Crippen molar-refractivity contribution in [1.82, 2.24) is 14.7 Å². The molecule has 0 spiro atoms. The van der Waals surface area contributed by atoms with E-state index in [1.165, 1.54) is 6.07 Å². The van der Waals surface area contributed by atoms with Gasteiger partial charge in [-0.3, -0.25) is 4.79 Å². The van der Waals surface area contributed by atoms with Gasteiger partial charge in [0, 0.05) is 19.2 Å². The number of nitrogens with zero attached hydrogens (tertiary/aromatic N) is 2. The summed E-state index contributed by atoms with van der Waals surface area (Å²) in [5, 5.41) is 2.82. The molecule has 2 heterocycles. The summed E-state index contributed by atoms with van der Waals surface area (Å²) in [6.07, 6.45) is 3.09. The third kappa shape index (κ3) is 3.08. The fraction of sp³-hybridized carbons (Fsp3) is 0.222. The van der Waals surface area contributed by atoms with E-state index in [1.54, 1.807) is 18.2 Å². The monoisotopic (exact) mass is 311 g/mol. The number of nitrogens with one attached hydrogen (secondary N) is 1. The Morgan fingerprint density at radius 1 is 1.22 bits per heavy atom. The maximum atomic E-state index is 13.6. The summed E-state index contributed by atoms with van der Waals surface area (Å²) in [5.74, 6) is 0.368. The van der Waals surface area contributed by atoms with Gasteiger partial charge in [0.25, 0.3) is 5.91 Å². The van der Waals surface area contributed by atoms with Crippen LogP contribution in [0.15, 0.2) is 48.7 Å². The second kappa shape index (κ2) is 6.60. The van der Waals surface area contributed by atoms with Crippen LogP contribution >= 0.6 is 0 Å². The average Bonchev–Trinajstić information content (AvgIpc) is 2.95. The van der Waals surface area contributed by atoms with E-state index in [1.807, 2.05) is 35.7 Å². The SMILES string of the molecule is CCc1nc(C(=O)NCCc2ccccc2F)c2ccccn12. The van der Waals surface area contributed by atoms with E-state index < -0.39 is 0 Å². The van der Waals surface area contributed by atoms with Crippen LogP contribution in [0, 0.1) is 5.82 Å². The Balaban J connectivity index is 1.73. The highest BCUT2D eigenvalue weighted by atomic mass is 19.1. The third-order valence-electron chi connectivity index (χ3n) is 3.79. The molecular formula is C18H18FN3O. The number of aromatic nitrogens is 2. The minimum Gasteiger partial charge on any atom is -0.350 e. The van der Waals surface area contributed by atoms with Gasteiger partial charge in [-0.05, 0) is 30.2 Å². The van der Waals surface area contributed by atoms with Crippen LogP contribution in [0.25, 0.3) is 5.52 Å². The van der Waals surface area contributed by atoms with Crippen molar-refractivity contribution in [1.29, 1.82) is 0 Å². The van der Waals surface area contributed by atoms with Crippen molar-refractivity contribution in [2.24, 2.45) is 0 Å². The minimum absolute atomic E-state index is 0.232. The van der Waals surface area contributed by atoms with Gasteiger partial charge in [-0.15, -0.1) is 0 Å². The van der Waals surface area contributed by atoms with Gasteiger partial charge < -0.3 is 9.72 Å². The summed E-state index contributed by atoms with van der Waals surface area (Å²) in [6.45, 7) is 2.37. The average molecular weight is 311 g/mol. The molecule has 4 nitrogen and oxygen atoms in total. The molecule has 118 valence electrons. The first-order valence-corrected chi connectivity index (χ1v) is 7.68. The highest BCUT2D eigenvalue weighted by Crippen LogP contribution is 2.13. The summed E-state index contributed by atoms with van der Waals surface area (Å²) in [5.41, 5.74) is 1.79. The normalized spacial score (nSPS) is 10.9. The van der Waals surface area contributed by atoms with Crippen LogP contribution in [0.3, 0.4) is 0 Å². The molecule has 23 heavy (non-hydrogen) atoms. The van der Waals surface area contributed by atoms with Gasteiger partial charge in [0.1, 0.15) is 11.6 Å². The smallest absolute Gasteiger partial charge is 0.272 e. The summed E-state index contributed by atoms with van der Waals surface area (Å²) in [7, 11) is 0. The predicted octanol–water partition coefficient (Wildman–Crippen LogP) is 3.01. The number of rotatable bonds is 5. The number of fused-ring (bicyclic) bond motifs is 1. The van der Waals surface area contributed by atoms with Gasteiger partial charge in [-0.25, -0.2) is 9.37 Å². The third-order valence-corrected chi connectivity index (χ3v) is 3.79. The van der Waals surface area contributed by atoms with E-state index in [9.17, 15) is 9.18 Å². The Labute approximate surface area is 134 Å². The molecule has 0 aliphatic rings. The molecule has 0 bridgehead atoms. The molecule has 1 aromatic carbocycles. The molecule has 2 aromatic heterocycles. The van der Waals surface area contributed by atoms with Crippen molar-refractivity contribution in [2.45, 2.75) is 19.8 Å². The zero-order valence-electron chi connectivity index (χ0n) is 12.9.